The standard InChI is InChI=1S/C32H46N4O4S2/c1-5-15-35-29(34-20-22(2)17-23(3)21-34)25(24(4)26(19-33)30(35)39)18-27-31(40)36(32(41)42-27)16-13-11-9-7-6-8-10-12-14-28(37)38/h18,22-23H,5-17,20-21H2,1-4H3,(H,37,38)/b27-18+. The van der Waals surface area contributed by atoms with Crippen LogP contribution in [0.25, 0.3) is 6.08 Å². The number of amides is 1. The summed E-state index contributed by atoms with van der Waals surface area (Å²) in [5, 5.41) is 18.6. The lowest BCUT2D eigenvalue weighted by atomic mass is 9.91. The van der Waals surface area contributed by atoms with Crippen LogP contribution in [0.1, 0.15) is 108 Å². The third-order valence-corrected chi connectivity index (χ3v) is 9.51. The number of anilines is 1. The van der Waals surface area contributed by atoms with Gasteiger partial charge in [-0.05, 0) is 56.1 Å². The minimum absolute atomic E-state index is 0.110. The van der Waals surface area contributed by atoms with Gasteiger partial charge in [0.15, 0.2) is 0 Å². The first-order valence-corrected chi connectivity index (χ1v) is 16.7. The molecule has 230 valence electrons. The van der Waals surface area contributed by atoms with Gasteiger partial charge in [0.05, 0.1) is 4.91 Å². The van der Waals surface area contributed by atoms with E-state index < -0.39 is 5.97 Å². The number of aliphatic carboxylic acids is 1. The van der Waals surface area contributed by atoms with Gasteiger partial charge in [0.1, 0.15) is 21.8 Å². The van der Waals surface area contributed by atoms with Gasteiger partial charge in [-0.15, -0.1) is 0 Å². The highest BCUT2D eigenvalue weighted by Gasteiger charge is 2.34. The SMILES string of the molecule is CCCn1c(N2CC(C)CC(C)C2)c(/C=C2/SC(=S)N(CCCCCCCCCCC(=O)O)C2=O)c(C)c(C#N)c1=O. The number of nitriles is 1. The Kier molecular flexibility index (Phi) is 13.1. The molecule has 2 saturated heterocycles. The normalized spacial score (nSPS) is 20.0. The van der Waals surface area contributed by atoms with E-state index in [1.165, 1.54) is 11.8 Å². The van der Waals surface area contributed by atoms with E-state index in [1.54, 1.807) is 9.47 Å². The number of carboxylic acid groups (broad SMARTS) is 1. The van der Waals surface area contributed by atoms with E-state index in [0.717, 1.165) is 88.7 Å². The molecule has 2 aliphatic rings. The molecule has 0 bridgehead atoms. The van der Waals surface area contributed by atoms with Crippen molar-refractivity contribution in [2.45, 2.75) is 105 Å². The third-order valence-electron chi connectivity index (χ3n) is 8.13. The van der Waals surface area contributed by atoms with Crippen molar-refractivity contribution in [2.75, 3.05) is 24.5 Å². The van der Waals surface area contributed by atoms with Crippen molar-refractivity contribution < 1.29 is 14.7 Å². The van der Waals surface area contributed by atoms with Crippen LogP contribution in [0.15, 0.2) is 9.70 Å². The Morgan fingerprint density at radius 1 is 1.05 bits per heavy atom. The van der Waals surface area contributed by atoms with E-state index in [2.05, 4.69) is 24.8 Å². The summed E-state index contributed by atoms with van der Waals surface area (Å²) in [5.74, 6) is 0.913. The van der Waals surface area contributed by atoms with Crippen LogP contribution in [0, 0.1) is 30.1 Å². The lowest BCUT2D eigenvalue weighted by Crippen LogP contribution is -2.43. The molecular weight excluding hydrogens is 569 g/mol. The van der Waals surface area contributed by atoms with Crippen LogP contribution in [0.3, 0.4) is 0 Å². The van der Waals surface area contributed by atoms with Gasteiger partial charge in [0.2, 0.25) is 0 Å². The summed E-state index contributed by atoms with van der Waals surface area (Å²) in [4.78, 5) is 42.1. The summed E-state index contributed by atoms with van der Waals surface area (Å²) in [6.07, 6.45) is 11.9. The Morgan fingerprint density at radius 2 is 1.64 bits per heavy atom. The Labute approximate surface area is 260 Å². The number of carboxylic acids is 1. The molecule has 3 rings (SSSR count). The summed E-state index contributed by atoms with van der Waals surface area (Å²) in [6, 6.07) is 2.13. The molecule has 1 aromatic heterocycles. The Hall–Kier alpha value is -2.64. The number of hydrogen-bond acceptors (Lipinski definition) is 7. The molecule has 2 fully saturated rings. The van der Waals surface area contributed by atoms with E-state index in [4.69, 9.17) is 17.3 Å². The van der Waals surface area contributed by atoms with Crippen molar-refractivity contribution in [3.05, 3.63) is 31.9 Å². The Balaban J connectivity index is 1.76. The van der Waals surface area contributed by atoms with Gasteiger partial charge >= 0.3 is 5.97 Å². The van der Waals surface area contributed by atoms with Gasteiger partial charge in [-0.25, -0.2) is 0 Å². The minimum Gasteiger partial charge on any atom is -0.481 e. The van der Waals surface area contributed by atoms with Gasteiger partial charge in [-0.1, -0.05) is 83.3 Å². The number of nitrogens with zero attached hydrogens (tertiary/aromatic N) is 4. The molecule has 1 aromatic rings. The highest BCUT2D eigenvalue weighted by molar-refractivity contribution is 8.26. The molecule has 0 aliphatic carbocycles. The molecule has 0 radical (unpaired) electrons. The summed E-state index contributed by atoms with van der Waals surface area (Å²) < 4.78 is 2.29. The molecule has 0 aromatic carbocycles. The van der Waals surface area contributed by atoms with Crippen LogP contribution in [0.2, 0.25) is 0 Å². The van der Waals surface area contributed by atoms with Crippen molar-refractivity contribution in [3.8, 4) is 6.07 Å². The number of aromatic nitrogens is 1. The molecule has 0 spiro atoms. The van der Waals surface area contributed by atoms with Gasteiger partial charge in [0.25, 0.3) is 11.5 Å². The highest BCUT2D eigenvalue weighted by atomic mass is 32.2. The smallest absolute Gasteiger partial charge is 0.303 e. The second-order valence-electron chi connectivity index (χ2n) is 12.0. The largest absolute Gasteiger partial charge is 0.481 e. The van der Waals surface area contributed by atoms with Gasteiger partial charge < -0.3 is 10.0 Å². The van der Waals surface area contributed by atoms with Crippen LogP contribution in [0.5, 0.6) is 0 Å². The van der Waals surface area contributed by atoms with Gasteiger partial charge in [-0.2, -0.15) is 5.26 Å². The lowest BCUT2D eigenvalue weighted by Gasteiger charge is -2.39. The first-order valence-electron chi connectivity index (χ1n) is 15.5. The number of pyridine rings is 1. The van der Waals surface area contributed by atoms with Crippen LogP contribution in [0.4, 0.5) is 5.82 Å². The number of rotatable bonds is 15. The molecule has 2 unspecified atom stereocenters. The second kappa shape index (κ2) is 16.3. The molecule has 2 atom stereocenters. The summed E-state index contributed by atoms with van der Waals surface area (Å²) in [6.45, 7) is 11.0. The quantitative estimate of drug-likeness (QED) is 0.132. The van der Waals surface area contributed by atoms with Gasteiger partial charge in [0, 0.05) is 38.2 Å². The monoisotopic (exact) mass is 614 g/mol. The van der Waals surface area contributed by atoms with Crippen LogP contribution >= 0.6 is 24.0 Å². The van der Waals surface area contributed by atoms with Crippen LogP contribution in [-0.2, 0) is 16.1 Å². The average Bonchev–Trinajstić information content (AvgIpc) is 3.19. The van der Waals surface area contributed by atoms with Crippen molar-refractivity contribution in [2.24, 2.45) is 11.8 Å². The fraction of sp³-hybridized carbons (Fsp3) is 0.656. The lowest BCUT2D eigenvalue weighted by molar-refractivity contribution is -0.137. The first-order chi connectivity index (χ1) is 20.1. The highest BCUT2D eigenvalue weighted by Crippen LogP contribution is 2.37. The molecule has 1 N–H and O–H groups in total. The summed E-state index contributed by atoms with van der Waals surface area (Å²) in [5.41, 5.74) is 1.25. The average molecular weight is 615 g/mol. The first kappa shape index (κ1) is 33.9. The third kappa shape index (κ3) is 8.70. The predicted molar refractivity (Wildman–Crippen MR) is 175 cm³/mol. The number of unbranched alkanes of at least 4 members (excludes halogenated alkanes) is 7. The fourth-order valence-corrected chi connectivity index (χ4v) is 7.47. The molecule has 1 amide bonds. The van der Waals surface area contributed by atoms with Crippen molar-refractivity contribution >= 4 is 52.1 Å². The van der Waals surface area contributed by atoms with Crippen molar-refractivity contribution in [1.29, 1.82) is 5.26 Å². The second-order valence-corrected chi connectivity index (χ2v) is 13.6. The number of thioether (sulfide) groups is 1. The molecule has 8 nitrogen and oxygen atoms in total. The Bertz CT molecular complexity index is 1270. The minimum atomic E-state index is -0.727. The zero-order valence-corrected chi connectivity index (χ0v) is 27.2. The molecule has 0 saturated carbocycles. The number of hydrogen-bond donors (Lipinski definition) is 1. The van der Waals surface area contributed by atoms with E-state index in [0.29, 0.717) is 39.7 Å². The number of carbonyl (C=O) groups excluding carboxylic acids is 1. The molecule has 2 aliphatic heterocycles. The maximum absolute atomic E-state index is 13.5. The van der Waals surface area contributed by atoms with Crippen LogP contribution < -0.4 is 10.5 Å². The number of piperidine rings is 1. The summed E-state index contributed by atoms with van der Waals surface area (Å²) >= 11 is 6.91. The fourth-order valence-electron chi connectivity index (χ4n) is 6.18. The van der Waals surface area contributed by atoms with Crippen molar-refractivity contribution in [1.82, 2.24) is 9.47 Å². The molecule has 10 heteroatoms. The molecule has 3 heterocycles. The van der Waals surface area contributed by atoms with E-state index in [9.17, 15) is 19.6 Å². The predicted octanol–water partition coefficient (Wildman–Crippen LogP) is 6.72. The van der Waals surface area contributed by atoms with E-state index in [1.807, 2.05) is 19.9 Å². The topological polar surface area (TPSA) is 107 Å². The summed E-state index contributed by atoms with van der Waals surface area (Å²) in [7, 11) is 0. The Morgan fingerprint density at radius 3 is 2.21 bits per heavy atom. The maximum Gasteiger partial charge on any atom is 0.303 e. The molecular formula is C32H46N4O4S2. The number of carbonyl (C=O) groups is 2. The molecule has 42 heavy (non-hydrogen) atoms. The zero-order valence-electron chi connectivity index (χ0n) is 25.6. The zero-order chi connectivity index (χ0) is 30.8. The van der Waals surface area contributed by atoms with E-state index >= 15 is 0 Å². The van der Waals surface area contributed by atoms with Crippen molar-refractivity contribution in [3.63, 3.8) is 0 Å². The van der Waals surface area contributed by atoms with Crippen LogP contribution in [-0.4, -0.2) is 50.4 Å². The maximum atomic E-state index is 13.5. The van der Waals surface area contributed by atoms with E-state index in [-0.39, 0.29) is 23.5 Å². The van der Waals surface area contributed by atoms with Gasteiger partial charge in [-0.3, -0.25) is 23.9 Å². The number of thiocarbonyl (C=S) groups is 1.